The summed E-state index contributed by atoms with van der Waals surface area (Å²) in [5.41, 5.74) is 1.50. The summed E-state index contributed by atoms with van der Waals surface area (Å²) in [6.45, 7) is 3.57. The van der Waals surface area contributed by atoms with Crippen LogP contribution in [0.1, 0.15) is 24.2 Å². The van der Waals surface area contributed by atoms with Gasteiger partial charge in [0.25, 0.3) is 0 Å². The number of fused-ring (bicyclic) bond motifs is 1. The van der Waals surface area contributed by atoms with Gasteiger partial charge in [0.1, 0.15) is 25.1 Å². The molecule has 1 N–H and O–H groups in total. The molecule has 1 atom stereocenters. The Balaban J connectivity index is 1.93. The predicted molar refractivity (Wildman–Crippen MR) is 79.1 cm³/mol. The van der Waals surface area contributed by atoms with E-state index in [9.17, 15) is 5.11 Å². The van der Waals surface area contributed by atoms with Crippen molar-refractivity contribution in [3.8, 4) is 17.2 Å². The molecule has 0 aromatic heterocycles. The molecule has 1 aliphatic heterocycles. The minimum absolute atomic E-state index is 0.530. The lowest BCUT2D eigenvalue weighted by atomic mass is 10.00. The Hall–Kier alpha value is -2.20. The second kappa shape index (κ2) is 6.06. The van der Waals surface area contributed by atoms with Crippen molar-refractivity contribution in [3.63, 3.8) is 0 Å². The summed E-state index contributed by atoms with van der Waals surface area (Å²) in [5.74, 6) is 2.09. The van der Waals surface area contributed by atoms with Crippen LogP contribution in [0.2, 0.25) is 0 Å². The monoisotopic (exact) mass is 286 g/mol. The molecule has 3 rings (SSSR count). The van der Waals surface area contributed by atoms with E-state index in [4.69, 9.17) is 14.2 Å². The van der Waals surface area contributed by atoms with Crippen LogP contribution in [0.25, 0.3) is 0 Å². The van der Waals surface area contributed by atoms with Gasteiger partial charge in [-0.15, -0.1) is 0 Å². The van der Waals surface area contributed by atoms with Crippen LogP contribution in [0.3, 0.4) is 0 Å². The first-order valence-electron chi connectivity index (χ1n) is 7.09. The third-order valence-electron chi connectivity index (χ3n) is 3.40. The highest BCUT2D eigenvalue weighted by Gasteiger charge is 2.19. The van der Waals surface area contributed by atoms with Crippen LogP contribution in [-0.4, -0.2) is 24.9 Å². The Bertz CT molecular complexity index is 624. The third kappa shape index (κ3) is 2.81. The summed E-state index contributed by atoms with van der Waals surface area (Å²) in [7, 11) is 0. The zero-order valence-electron chi connectivity index (χ0n) is 11.9. The maximum atomic E-state index is 10.6. The Morgan fingerprint density at radius 1 is 1.10 bits per heavy atom. The molecule has 0 saturated heterocycles. The Morgan fingerprint density at radius 3 is 2.67 bits per heavy atom. The average molecular weight is 286 g/mol. The highest BCUT2D eigenvalue weighted by atomic mass is 16.6. The normalized spacial score (nSPS) is 14.6. The molecule has 1 heterocycles. The van der Waals surface area contributed by atoms with Crippen molar-refractivity contribution in [2.75, 3.05) is 19.8 Å². The van der Waals surface area contributed by atoms with Crippen molar-refractivity contribution in [3.05, 3.63) is 53.6 Å². The van der Waals surface area contributed by atoms with E-state index in [2.05, 4.69) is 0 Å². The lowest BCUT2D eigenvalue weighted by Crippen LogP contribution is -2.15. The molecule has 0 aliphatic carbocycles. The van der Waals surface area contributed by atoms with Crippen LogP contribution in [0.4, 0.5) is 0 Å². The first-order valence-corrected chi connectivity index (χ1v) is 7.09. The molecule has 0 saturated carbocycles. The van der Waals surface area contributed by atoms with Crippen molar-refractivity contribution in [1.82, 2.24) is 0 Å². The first kappa shape index (κ1) is 13.8. The van der Waals surface area contributed by atoms with Crippen LogP contribution in [0.5, 0.6) is 17.2 Å². The number of ether oxygens (including phenoxy) is 3. The van der Waals surface area contributed by atoms with Crippen molar-refractivity contribution < 1.29 is 19.3 Å². The lowest BCUT2D eigenvalue weighted by molar-refractivity contribution is 0.169. The van der Waals surface area contributed by atoms with Crippen molar-refractivity contribution in [2.24, 2.45) is 0 Å². The van der Waals surface area contributed by atoms with E-state index in [1.807, 2.05) is 49.4 Å². The minimum atomic E-state index is -0.761. The van der Waals surface area contributed by atoms with Gasteiger partial charge in [-0.1, -0.05) is 24.3 Å². The van der Waals surface area contributed by atoms with Gasteiger partial charge in [0.2, 0.25) is 0 Å². The summed E-state index contributed by atoms with van der Waals surface area (Å²) in [4.78, 5) is 0. The summed E-state index contributed by atoms with van der Waals surface area (Å²) in [5, 5.41) is 10.6. The van der Waals surface area contributed by atoms with E-state index in [-0.39, 0.29) is 0 Å². The highest BCUT2D eigenvalue weighted by molar-refractivity contribution is 5.47. The van der Waals surface area contributed by atoms with Gasteiger partial charge in [-0.3, -0.25) is 0 Å². The van der Waals surface area contributed by atoms with E-state index in [1.54, 1.807) is 0 Å². The van der Waals surface area contributed by atoms with Crippen molar-refractivity contribution in [2.45, 2.75) is 13.0 Å². The Kier molecular flexibility index (Phi) is 3.97. The van der Waals surface area contributed by atoms with Crippen molar-refractivity contribution >= 4 is 0 Å². The summed E-state index contributed by atoms with van der Waals surface area (Å²) >= 11 is 0. The van der Waals surface area contributed by atoms with Crippen LogP contribution in [0.15, 0.2) is 42.5 Å². The number of rotatable bonds is 4. The van der Waals surface area contributed by atoms with Gasteiger partial charge < -0.3 is 19.3 Å². The molecule has 2 aromatic carbocycles. The number of hydrogen-bond acceptors (Lipinski definition) is 4. The molecular formula is C17H18O4. The average Bonchev–Trinajstić information content (AvgIpc) is 2.54. The molecule has 0 radical (unpaired) electrons. The largest absolute Gasteiger partial charge is 0.493 e. The third-order valence-corrected chi connectivity index (χ3v) is 3.40. The number of aliphatic hydroxyl groups excluding tert-OH is 1. The zero-order chi connectivity index (χ0) is 14.7. The summed E-state index contributed by atoms with van der Waals surface area (Å²) in [6.07, 6.45) is -0.761. The maximum absolute atomic E-state index is 10.6. The number of hydrogen-bond donors (Lipinski definition) is 1. The maximum Gasteiger partial charge on any atom is 0.161 e. The molecule has 0 bridgehead atoms. The minimum Gasteiger partial charge on any atom is -0.493 e. The lowest BCUT2D eigenvalue weighted by Gasteiger charge is -2.21. The molecule has 4 heteroatoms. The molecule has 4 nitrogen and oxygen atoms in total. The standard InChI is InChI=1S/C17H18O4/c1-2-19-14-6-4-3-5-13(14)17(18)12-7-8-15-16(11-12)21-10-9-20-15/h3-8,11,17-18H,2,9-10H2,1H3. The molecule has 0 spiro atoms. The Labute approximate surface area is 123 Å². The molecule has 1 unspecified atom stereocenters. The molecule has 0 amide bonds. The number of aliphatic hydroxyl groups is 1. The number of benzene rings is 2. The van der Waals surface area contributed by atoms with E-state index in [0.29, 0.717) is 31.3 Å². The van der Waals surface area contributed by atoms with E-state index in [0.717, 1.165) is 16.9 Å². The second-order valence-electron chi connectivity index (χ2n) is 4.78. The van der Waals surface area contributed by atoms with Gasteiger partial charge in [-0.25, -0.2) is 0 Å². The second-order valence-corrected chi connectivity index (χ2v) is 4.78. The molecule has 0 fully saturated rings. The molecule has 2 aromatic rings. The fraction of sp³-hybridized carbons (Fsp3) is 0.294. The van der Waals surface area contributed by atoms with Gasteiger partial charge in [0.15, 0.2) is 11.5 Å². The molecular weight excluding hydrogens is 268 g/mol. The SMILES string of the molecule is CCOc1ccccc1C(O)c1ccc2c(c1)OCCO2. The van der Waals surface area contributed by atoms with E-state index < -0.39 is 6.10 Å². The Morgan fingerprint density at radius 2 is 1.86 bits per heavy atom. The number of para-hydroxylation sites is 1. The predicted octanol–water partition coefficient (Wildman–Crippen LogP) is 2.94. The molecule has 21 heavy (non-hydrogen) atoms. The quantitative estimate of drug-likeness (QED) is 0.938. The van der Waals surface area contributed by atoms with Gasteiger partial charge in [0.05, 0.1) is 6.61 Å². The summed E-state index contributed by atoms with van der Waals surface area (Å²) in [6, 6.07) is 13.0. The van der Waals surface area contributed by atoms with E-state index in [1.165, 1.54) is 0 Å². The fourth-order valence-corrected chi connectivity index (χ4v) is 2.40. The van der Waals surface area contributed by atoms with Gasteiger partial charge in [-0.2, -0.15) is 0 Å². The zero-order valence-corrected chi connectivity index (χ0v) is 11.9. The van der Waals surface area contributed by atoms with Crippen molar-refractivity contribution in [1.29, 1.82) is 0 Å². The topological polar surface area (TPSA) is 47.9 Å². The highest BCUT2D eigenvalue weighted by Crippen LogP contribution is 2.36. The van der Waals surface area contributed by atoms with Crippen LogP contribution in [0, 0.1) is 0 Å². The first-order chi connectivity index (χ1) is 10.3. The fourth-order valence-electron chi connectivity index (χ4n) is 2.40. The van der Waals surface area contributed by atoms with Crippen LogP contribution >= 0.6 is 0 Å². The van der Waals surface area contributed by atoms with Crippen LogP contribution in [-0.2, 0) is 0 Å². The van der Waals surface area contributed by atoms with Gasteiger partial charge in [0, 0.05) is 5.56 Å². The molecule has 1 aliphatic rings. The van der Waals surface area contributed by atoms with Gasteiger partial charge >= 0.3 is 0 Å². The van der Waals surface area contributed by atoms with Crippen LogP contribution < -0.4 is 14.2 Å². The summed E-state index contributed by atoms with van der Waals surface area (Å²) < 4.78 is 16.6. The van der Waals surface area contributed by atoms with E-state index >= 15 is 0 Å². The smallest absolute Gasteiger partial charge is 0.161 e. The van der Waals surface area contributed by atoms with Gasteiger partial charge in [-0.05, 0) is 30.7 Å². The molecule has 110 valence electrons.